The Bertz CT molecular complexity index is 606. The van der Waals surface area contributed by atoms with Crippen LogP contribution < -0.4 is 10.9 Å². The number of hydrogen-bond donors (Lipinski definition) is 2. The second-order valence-corrected chi connectivity index (χ2v) is 7.85. The van der Waals surface area contributed by atoms with Crippen molar-refractivity contribution in [3.05, 3.63) is 21.6 Å². The topological polar surface area (TPSA) is 74.8 Å². The Morgan fingerprint density at radius 3 is 2.65 bits per heavy atom. The molecule has 5 nitrogen and oxygen atoms in total. The van der Waals surface area contributed by atoms with E-state index >= 15 is 0 Å². The zero-order valence-corrected chi connectivity index (χ0v) is 15.3. The fourth-order valence-corrected chi connectivity index (χ4v) is 3.72. The molecule has 1 heterocycles. The lowest BCUT2D eigenvalue weighted by Crippen LogP contribution is -2.41. The van der Waals surface area contributed by atoms with Crippen molar-refractivity contribution in [2.24, 2.45) is 5.92 Å². The zero-order chi connectivity index (χ0) is 17.0. The quantitative estimate of drug-likeness (QED) is 0.640. The van der Waals surface area contributed by atoms with Gasteiger partial charge in [0.05, 0.1) is 10.9 Å². The van der Waals surface area contributed by atoms with Gasteiger partial charge in [-0.3, -0.25) is 9.59 Å². The fourth-order valence-electron chi connectivity index (χ4n) is 2.90. The minimum atomic E-state index is -0.273. The molecule has 1 saturated carbocycles. The van der Waals surface area contributed by atoms with Crippen LogP contribution in [-0.2, 0) is 11.2 Å². The lowest BCUT2D eigenvalue weighted by atomic mass is 9.87. The van der Waals surface area contributed by atoms with Gasteiger partial charge in [-0.1, -0.05) is 25.6 Å². The Morgan fingerprint density at radius 2 is 2.04 bits per heavy atom. The van der Waals surface area contributed by atoms with Gasteiger partial charge in [0.25, 0.3) is 5.56 Å². The Balaban J connectivity index is 1.96. The largest absolute Gasteiger partial charge is 0.352 e. The van der Waals surface area contributed by atoms with Crippen molar-refractivity contribution < 1.29 is 4.79 Å². The number of H-pyrrole nitrogens is 1. The highest BCUT2D eigenvalue weighted by molar-refractivity contribution is 8.00. The first-order chi connectivity index (χ1) is 10.9. The molecule has 1 atom stereocenters. The maximum absolute atomic E-state index is 12.4. The second kappa shape index (κ2) is 7.99. The van der Waals surface area contributed by atoms with E-state index in [2.05, 4.69) is 22.2 Å². The van der Waals surface area contributed by atoms with Gasteiger partial charge in [-0.2, -0.15) is 0 Å². The summed E-state index contributed by atoms with van der Waals surface area (Å²) in [4.78, 5) is 31.5. The van der Waals surface area contributed by atoms with E-state index < -0.39 is 0 Å². The summed E-state index contributed by atoms with van der Waals surface area (Å²) in [5, 5.41) is 3.39. The molecule has 1 aliphatic rings. The third-order valence-corrected chi connectivity index (χ3v) is 5.57. The number of amides is 1. The standard InChI is InChI=1S/C17H27N3O2S/c1-5-14-11(3)15(21)20-17(19-14)23-12(4)16(22)18-13-8-6-10(2)7-9-13/h10,12-13H,5-9H2,1-4H3,(H,18,22)(H,19,20,21)/t10?,12-,13?/m0/s1. The summed E-state index contributed by atoms with van der Waals surface area (Å²) < 4.78 is 0. The number of aromatic nitrogens is 2. The van der Waals surface area contributed by atoms with Gasteiger partial charge in [-0.25, -0.2) is 4.98 Å². The molecular weight excluding hydrogens is 310 g/mol. The SMILES string of the molecule is CCc1nc(S[C@@H](C)C(=O)NC2CCC(C)CC2)[nH]c(=O)c1C. The molecule has 0 radical (unpaired) electrons. The predicted molar refractivity (Wildman–Crippen MR) is 93.9 cm³/mol. The predicted octanol–water partition coefficient (Wildman–Crippen LogP) is 2.82. The van der Waals surface area contributed by atoms with Crippen LogP contribution in [0.1, 0.15) is 57.7 Å². The number of carbonyl (C=O) groups is 1. The van der Waals surface area contributed by atoms with Crippen LogP contribution in [0.3, 0.4) is 0 Å². The van der Waals surface area contributed by atoms with Crippen LogP contribution in [0.2, 0.25) is 0 Å². The summed E-state index contributed by atoms with van der Waals surface area (Å²) >= 11 is 1.31. The molecule has 0 unspecified atom stereocenters. The van der Waals surface area contributed by atoms with Crippen molar-refractivity contribution >= 4 is 17.7 Å². The lowest BCUT2D eigenvalue weighted by molar-refractivity contribution is -0.121. The van der Waals surface area contributed by atoms with Gasteiger partial charge in [-0.15, -0.1) is 0 Å². The number of rotatable bonds is 5. The van der Waals surface area contributed by atoms with Crippen molar-refractivity contribution in [1.29, 1.82) is 0 Å². The molecule has 6 heteroatoms. The summed E-state index contributed by atoms with van der Waals surface area (Å²) in [6, 6.07) is 0.290. The van der Waals surface area contributed by atoms with Crippen molar-refractivity contribution in [3.8, 4) is 0 Å². The zero-order valence-electron chi connectivity index (χ0n) is 14.4. The Kier molecular flexibility index (Phi) is 6.27. The van der Waals surface area contributed by atoms with Gasteiger partial charge < -0.3 is 10.3 Å². The van der Waals surface area contributed by atoms with E-state index in [9.17, 15) is 9.59 Å². The maximum atomic E-state index is 12.4. The third kappa shape index (κ3) is 4.83. The molecule has 0 saturated heterocycles. The number of carbonyl (C=O) groups excluding carboxylic acids is 1. The van der Waals surface area contributed by atoms with E-state index in [0.29, 0.717) is 17.1 Å². The molecule has 128 valence electrons. The molecule has 0 aromatic carbocycles. The highest BCUT2D eigenvalue weighted by atomic mass is 32.2. The molecule has 2 rings (SSSR count). The first kappa shape index (κ1) is 18.0. The number of nitrogens with one attached hydrogen (secondary N) is 2. The molecule has 23 heavy (non-hydrogen) atoms. The third-order valence-electron chi connectivity index (χ3n) is 4.59. The van der Waals surface area contributed by atoms with Crippen molar-refractivity contribution in [3.63, 3.8) is 0 Å². The normalized spacial score (nSPS) is 22.6. The van der Waals surface area contributed by atoms with Crippen molar-refractivity contribution in [1.82, 2.24) is 15.3 Å². The average Bonchev–Trinajstić information content (AvgIpc) is 2.52. The molecule has 1 aromatic rings. The van der Waals surface area contributed by atoms with E-state index in [1.54, 1.807) is 6.92 Å². The van der Waals surface area contributed by atoms with Crippen LogP contribution >= 0.6 is 11.8 Å². The number of hydrogen-bond acceptors (Lipinski definition) is 4. The van der Waals surface area contributed by atoms with Gasteiger partial charge in [0.1, 0.15) is 0 Å². The van der Waals surface area contributed by atoms with Gasteiger partial charge in [-0.05, 0) is 51.9 Å². The van der Waals surface area contributed by atoms with Crippen LogP contribution in [-0.4, -0.2) is 27.2 Å². The highest BCUT2D eigenvalue weighted by Crippen LogP contribution is 2.25. The molecule has 1 amide bonds. The first-order valence-electron chi connectivity index (χ1n) is 8.47. The summed E-state index contributed by atoms with van der Waals surface area (Å²) in [6.07, 6.45) is 5.19. The van der Waals surface area contributed by atoms with Gasteiger partial charge in [0.15, 0.2) is 5.16 Å². The van der Waals surface area contributed by atoms with E-state index in [4.69, 9.17) is 0 Å². The van der Waals surface area contributed by atoms with Gasteiger partial charge in [0.2, 0.25) is 5.91 Å². The number of aromatic amines is 1. The van der Waals surface area contributed by atoms with Crippen molar-refractivity contribution in [2.45, 2.75) is 76.2 Å². The summed E-state index contributed by atoms with van der Waals surface area (Å²) in [6.45, 7) is 7.88. The summed E-state index contributed by atoms with van der Waals surface area (Å²) in [5.74, 6) is 0.792. The molecule has 1 aromatic heterocycles. The maximum Gasteiger partial charge on any atom is 0.254 e. The lowest BCUT2D eigenvalue weighted by Gasteiger charge is -2.27. The molecule has 1 aliphatic carbocycles. The smallest absolute Gasteiger partial charge is 0.254 e. The molecule has 0 aliphatic heterocycles. The molecule has 1 fully saturated rings. The van der Waals surface area contributed by atoms with Crippen LogP contribution in [0.15, 0.2) is 9.95 Å². The summed E-state index contributed by atoms with van der Waals surface area (Å²) in [7, 11) is 0. The molecular formula is C17H27N3O2S. The van der Waals surface area contributed by atoms with E-state index in [-0.39, 0.29) is 22.8 Å². The molecule has 0 bridgehead atoms. The van der Waals surface area contributed by atoms with Crippen LogP contribution in [0, 0.1) is 12.8 Å². The highest BCUT2D eigenvalue weighted by Gasteiger charge is 2.23. The summed E-state index contributed by atoms with van der Waals surface area (Å²) in [5.41, 5.74) is 1.34. The van der Waals surface area contributed by atoms with Crippen LogP contribution in [0.5, 0.6) is 0 Å². The van der Waals surface area contributed by atoms with Crippen molar-refractivity contribution in [2.75, 3.05) is 0 Å². The average molecular weight is 337 g/mol. The van der Waals surface area contributed by atoms with Crippen LogP contribution in [0.25, 0.3) is 0 Å². The van der Waals surface area contributed by atoms with Gasteiger partial charge >= 0.3 is 0 Å². The minimum absolute atomic E-state index is 0.0239. The minimum Gasteiger partial charge on any atom is -0.352 e. The van der Waals surface area contributed by atoms with E-state index in [0.717, 1.165) is 24.5 Å². The first-order valence-corrected chi connectivity index (χ1v) is 9.35. The van der Waals surface area contributed by atoms with Crippen LogP contribution in [0.4, 0.5) is 0 Å². The number of thioether (sulfide) groups is 1. The van der Waals surface area contributed by atoms with Gasteiger partial charge in [0, 0.05) is 11.6 Å². The Morgan fingerprint density at radius 1 is 1.39 bits per heavy atom. The molecule has 2 N–H and O–H groups in total. The second-order valence-electron chi connectivity index (χ2n) is 6.52. The number of aryl methyl sites for hydroxylation is 1. The Hall–Kier alpha value is -1.30. The fraction of sp³-hybridized carbons (Fsp3) is 0.706. The van der Waals surface area contributed by atoms with E-state index in [1.165, 1.54) is 24.6 Å². The monoisotopic (exact) mass is 337 g/mol. The number of nitrogens with zero attached hydrogens (tertiary/aromatic N) is 1. The Labute approximate surface area is 142 Å². The molecule has 0 spiro atoms. The van der Waals surface area contributed by atoms with E-state index in [1.807, 2.05) is 13.8 Å².